The molecular formula is C14H13+. The molecule has 68 valence electrons. The third-order valence-electron chi connectivity index (χ3n) is 2.11. The van der Waals surface area contributed by atoms with Gasteiger partial charge >= 0.3 is 0 Å². The Kier molecular flexibility index (Phi) is 2.20. The molecule has 0 amide bonds. The summed E-state index contributed by atoms with van der Waals surface area (Å²) in [5, 5.41) is 0. The molecule has 0 N–H and O–H groups in total. The van der Waals surface area contributed by atoms with Crippen molar-refractivity contribution in [1.29, 1.82) is 0 Å². The lowest BCUT2D eigenvalue weighted by atomic mass is 10.0. The molecule has 0 radical (unpaired) electrons. The maximum absolute atomic E-state index is 8.04. The van der Waals surface area contributed by atoms with Gasteiger partial charge in [0.2, 0.25) is 0 Å². The summed E-state index contributed by atoms with van der Waals surface area (Å²) in [4.78, 5) is 0. The maximum Gasteiger partial charge on any atom is 0.119 e. The standard InChI is InChI=1S/C14H13/c1-12-7-9-14(10-8-12)11-13-5-3-2-4-6-13/h2-11H,1H3/q+1/i11D. The predicted molar refractivity (Wildman–Crippen MR) is 60.1 cm³/mol. The van der Waals surface area contributed by atoms with Crippen LogP contribution < -0.4 is 0 Å². The van der Waals surface area contributed by atoms with Gasteiger partial charge in [-0.25, -0.2) is 0 Å². The quantitative estimate of drug-likeness (QED) is 0.622. The topological polar surface area (TPSA) is 0 Å². The van der Waals surface area contributed by atoms with Crippen molar-refractivity contribution in [3.63, 3.8) is 0 Å². The smallest absolute Gasteiger partial charge is 0.0465 e. The number of aryl methyl sites for hydroxylation is 1. The highest BCUT2D eigenvalue weighted by Gasteiger charge is 2.01. The summed E-state index contributed by atoms with van der Waals surface area (Å²) in [5.41, 5.74) is 3.15. The van der Waals surface area contributed by atoms with Crippen molar-refractivity contribution < 1.29 is 1.37 Å². The van der Waals surface area contributed by atoms with Crippen molar-refractivity contribution in [2.45, 2.75) is 6.92 Å². The number of rotatable bonds is 2. The molecule has 0 aliphatic carbocycles. The molecule has 0 aromatic heterocycles. The molecule has 14 heavy (non-hydrogen) atoms. The van der Waals surface area contributed by atoms with E-state index >= 15 is 0 Å². The third-order valence-corrected chi connectivity index (χ3v) is 2.11. The first-order valence-electron chi connectivity index (χ1n) is 5.23. The van der Waals surface area contributed by atoms with E-state index in [1.54, 1.807) is 0 Å². The molecule has 0 bridgehead atoms. The first kappa shape index (κ1) is 7.69. The third kappa shape index (κ3) is 2.17. The van der Waals surface area contributed by atoms with E-state index < -0.39 is 0 Å². The highest BCUT2D eigenvalue weighted by molar-refractivity contribution is 5.37. The van der Waals surface area contributed by atoms with E-state index in [2.05, 4.69) is 6.92 Å². The molecule has 0 unspecified atom stereocenters. The molecule has 2 aromatic rings. The van der Waals surface area contributed by atoms with Gasteiger partial charge in [-0.3, -0.25) is 0 Å². The lowest BCUT2D eigenvalue weighted by Gasteiger charge is -1.95. The fraction of sp³-hybridized carbons (Fsp3) is 0.0714. The highest BCUT2D eigenvalue weighted by atomic mass is 14.0. The first-order valence-corrected chi connectivity index (χ1v) is 4.73. The van der Waals surface area contributed by atoms with E-state index in [0.29, 0.717) is 6.40 Å². The average molecular weight is 182 g/mol. The minimum Gasteiger partial charge on any atom is -0.0465 e. The van der Waals surface area contributed by atoms with Crippen LogP contribution in [0, 0.1) is 13.3 Å². The van der Waals surface area contributed by atoms with Crippen LogP contribution in [-0.2, 0) is 0 Å². The molecule has 2 rings (SSSR count). The van der Waals surface area contributed by atoms with Crippen molar-refractivity contribution in [3.05, 3.63) is 77.7 Å². The van der Waals surface area contributed by atoms with Crippen LogP contribution in [0.5, 0.6) is 0 Å². The van der Waals surface area contributed by atoms with Crippen molar-refractivity contribution in [2.75, 3.05) is 0 Å². The van der Waals surface area contributed by atoms with Crippen LogP contribution in [0.15, 0.2) is 54.6 Å². The van der Waals surface area contributed by atoms with Gasteiger partial charge in [0.15, 0.2) is 0 Å². The zero-order chi connectivity index (χ0) is 10.7. The van der Waals surface area contributed by atoms with Crippen LogP contribution in [0.2, 0.25) is 0 Å². The molecule has 0 heteroatoms. The van der Waals surface area contributed by atoms with Crippen molar-refractivity contribution >= 4 is 0 Å². The lowest BCUT2D eigenvalue weighted by Crippen LogP contribution is -1.84. The Morgan fingerprint density at radius 2 is 1.43 bits per heavy atom. The predicted octanol–water partition coefficient (Wildman–Crippen LogP) is 3.60. The fourth-order valence-corrected chi connectivity index (χ4v) is 1.33. The van der Waals surface area contributed by atoms with E-state index in [0.717, 1.165) is 11.1 Å². The minimum absolute atomic E-state index is 0.579. The monoisotopic (exact) mass is 182 g/mol. The summed E-state index contributed by atoms with van der Waals surface area (Å²) in [6.45, 7) is 2.05. The molecular weight excluding hydrogens is 168 g/mol. The summed E-state index contributed by atoms with van der Waals surface area (Å²) in [5.74, 6) is 0. The largest absolute Gasteiger partial charge is 0.119 e. The molecule has 0 aliphatic heterocycles. The average Bonchev–Trinajstić information content (AvgIpc) is 2.30. The Bertz CT molecular complexity index is 417. The van der Waals surface area contributed by atoms with Gasteiger partial charge in [-0.2, -0.15) is 0 Å². The second-order valence-electron chi connectivity index (χ2n) is 3.36. The van der Waals surface area contributed by atoms with Gasteiger partial charge < -0.3 is 0 Å². The van der Waals surface area contributed by atoms with Crippen molar-refractivity contribution in [2.24, 2.45) is 0 Å². The summed E-state index contributed by atoms with van der Waals surface area (Å²) < 4.78 is 8.04. The molecule has 2 aromatic carbocycles. The van der Waals surface area contributed by atoms with Crippen molar-refractivity contribution in [3.8, 4) is 0 Å². The van der Waals surface area contributed by atoms with Crippen LogP contribution in [0.4, 0.5) is 0 Å². The summed E-state index contributed by atoms with van der Waals surface area (Å²) in [6, 6.07) is 17.8. The second-order valence-corrected chi connectivity index (χ2v) is 3.36. The Hall–Kier alpha value is -1.69. The summed E-state index contributed by atoms with van der Waals surface area (Å²) >= 11 is 0. The number of benzene rings is 2. The lowest BCUT2D eigenvalue weighted by molar-refractivity contribution is 1.39. The zero-order valence-corrected chi connectivity index (χ0v) is 8.20. The Balaban J connectivity index is 2.29. The first-order chi connectivity index (χ1) is 7.27. The molecule has 0 fully saturated rings. The van der Waals surface area contributed by atoms with Gasteiger partial charge in [-0.05, 0) is 42.8 Å². The van der Waals surface area contributed by atoms with Crippen LogP contribution in [0.25, 0.3) is 0 Å². The van der Waals surface area contributed by atoms with Crippen molar-refractivity contribution in [1.82, 2.24) is 0 Å². The molecule has 0 aliphatic rings. The normalized spacial score (nSPS) is 10.8. The fourth-order valence-electron chi connectivity index (χ4n) is 1.33. The Labute approximate surface area is 86.6 Å². The van der Waals surface area contributed by atoms with Crippen LogP contribution in [0.3, 0.4) is 0 Å². The van der Waals surface area contributed by atoms with E-state index in [1.807, 2.05) is 54.6 Å². The molecule has 0 saturated carbocycles. The van der Waals surface area contributed by atoms with Gasteiger partial charge in [0, 0.05) is 30.7 Å². The summed E-state index contributed by atoms with van der Waals surface area (Å²) in [7, 11) is 0. The summed E-state index contributed by atoms with van der Waals surface area (Å²) in [6.07, 6.45) is 0.579. The molecule has 0 saturated heterocycles. The van der Waals surface area contributed by atoms with Crippen LogP contribution >= 0.6 is 0 Å². The van der Waals surface area contributed by atoms with Gasteiger partial charge in [0.1, 0.15) is 1.37 Å². The maximum atomic E-state index is 8.04. The van der Waals surface area contributed by atoms with E-state index in [-0.39, 0.29) is 0 Å². The number of hydrogen-bond donors (Lipinski definition) is 0. The van der Waals surface area contributed by atoms with E-state index in [9.17, 15) is 0 Å². The molecule has 0 heterocycles. The van der Waals surface area contributed by atoms with E-state index in [4.69, 9.17) is 1.37 Å². The number of hydrogen-bond acceptors (Lipinski definition) is 0. The highest BCUT2D eigenvalue weighted by Crippen LogP contribution is 2.11. The van der Waals surface area contributed by atoms with E-state index in [1.165, 1.54) is 5.56 Å². The SMILES string of the molecule is [2H][C+](c1ccccc1)c1ccc(C)cc1. The molecule has 0 spiro atoms. The van der Waals surface area contributed by atoms with Gasteiger partial charge in [-0.1, -0.05) is 0 Å². The van der Waals surface area contributed by atoms with Gasteiger partial charge in [-0.15, -0.1) is 0 Å². The zero-order valence-electron chi connectivity index (χ0n) is 9.20. The Morgan fingerprint density at radius 3 is 2.07 bits per heavy atom. The molecule has 0 atom stereocenters. The second kappa shape index (κ2) is 4.01. The van der Waals surface area contributed by atoms with Crippen LogP contribution in [0.1, 0.15) is 18.1 Å². The van der Waals surface area contributed by atoms with Gasteiger partial charge in [0.05, 0.1) is 11.1 Å². The van der Waals surface area contributed by atoms with Gasteiger partial charge in [0.25, 0.3) is 0 Å². The molecule has 0 nitrogen and oxygen atoms in total. The van der Waals surface area contributed by atoms with Crippen LogP contribution in [-0.4, -0.2) is 0 Å². The minimum atomic E-state index is 0.579. The Morgan fingerprint density at radius 1 is 0.857 bits per heavy atom.